The minimum Gasteiger partial charge on any atom is -0.497 e. The van der Waals surface area contributed by atoms with E-state index in [-0.39, 0.29) is 17.9 Å². The van der Waals surface area contributed by atoms with Crippen LogP contribution in [0.1, 0.15) is 57.2 Å². The third kappa shape index (κ3) is 6.42. The number of aryl methyl sites for hydroxylation is 1. The van der Waals surface area contributed by atoms with Crippen LogP contribution < -0.4 is 10.1 Å². The first-order chi connectivity index (χ1) is 15.4. The van der Waals surface area contributed by atoms with Gasteiger partial charge in [0.25, 0.3) is 0 Å². The molecule has 3 aromatic rings. The maximum absolute atomic E-state index is 12.6. The van der Waals surface area contributed by atoms with Gasteiger partial charge in [-0.2, -0.15) is 4.98 Å². The molecule has 0 radical (unpaired) electrons. The first-order valence-electron chi connectivity index (χ1n) is 11.2. The molecule has 0 saturated carbocycles. The summed E-state index contributed by atoms with van der Waals surface area (Å²) in [7, 11) is 1.62. The van der Waals surface area contributed by atoms with Gasteiger partial charge in [0.05, 0.1) is 13.2 Å². The molecule has 6 nitrogen and oxygen atoms in total. The van der Waals surface area contributed by atoms with Crippen molar-refractivity contribution in [2.75, 3.05) is 7.11 Å². The van der Waals surface area contributed by atoms with Crippen LogP contribution >= 0.6 is 0 Å². The van der Waals surface area contributed by atoms with E-state index in [1.165, 1.54) is 5.56 Å². The molecule has 0 aliphatic heterocycles. The summed E-state index contributed by atoms with van der Waals surface area (Å²) in [6, 6.07) is 16.0. The minimum atomic E-state index is -0.0341. The third-order valence-electron chi connectivity index (χ3n) is 5.35. The molecule has 1 atom stereocenters. The van der Waals surface area contributed by atoms with Crippen LogP contribution in [0.4, 0.5) is 0 Å². The first-order valence-corrected chi connectivity index (χ1v) is 11.2. The molecule has 0 aliphatic carbocycles. The highest BCUT2D eigenvalue weighted by Gasteiger charge is 2.19. The number of nitrogens with one attached hydrogen (secondary N) is 1. The fourth-order valence-corrected chi connectivity index (χ4v) is 3.65. The number of hydrogen-bond acceptors (Lipinski definition) is 5. The number of amides is 1. The molecule has 1 amide bonds. The normalized spacial score (nSPS) is 12.2. The van der Waals surface area contributed by atoms with E-state index in [0.29, 0.717) is 30.5 Å². The molecule has 0 spiro atoms. The van der Waals surface area contributed by atoms with Gasteiger partial charge in [-0.1, -0.05) is 57.1 Å². The smallest absolute Gasteiger partial charge is 0.227 e. The number of rotatable bonds is 10. The Kier molecular flexibility index (Phi) is 8.03. The van der Waals surface area contributed by atoms with Gasteiger partial charge in [0, 0.05) is 18.4 Å². The Morgan fingerprint density at radius 1 is 1.03 bits per heavy atom. The van der Waals surface area contributed by atoms with Crippen LogP contribution in [0.15, 0.2) is 53.1 Å². The Morgan fingerprint density at radius 2 is 1.72 bits per heavy atom. The standard InChI is InChI=1S/C26H33N3O3/c1-17(2)16-19-6-8-20(9-7-19)25(18(3)4)27-23(30)14-15-24-28-26(29-32-24)21-10-12-22(31-5)13-11-21/h6-13,17-18,25H,14-16H2,1-5H3,(H,27,30). The fourth-order valence-electron chi connectivity index (χ4n) is 3.65. The van der Waals surface area contributed by atoms with Crippen molar-refractivity contribution >= 4 is 5.91 Å². The van der Waals surface area contributed by atoms with E-state index in [1.807, 2.05) is 24.3 Å². The Labute approximate surface area is 190 Å². The molecule has 0 fully saturated rings. The molecule has 1 aromatic heterocycles. The van der Waals surface area contributed by atoms with Crippen molar-refractivity contribution in [3.8, 4) is 17.1 Å². The predicted octanol–water partition coefficient (Wildman–Crippen LogP) is 5.39. The van der Waals surface area contributed by atoms with Crippen molar-refractivity contribution in [1.29, 1.82) is 0 Å². The lowest BCUT2D eigenvalue weighted by atomic mass is 9.93. The summed E-state index contributed by atoms with van der Waals surface area (Å²) in [4.78, 5) is 17.1. The summed E-state index contributed by atoms with van der Waals surface area (Å²) >= 11 is 0. The molecular formula is C26H33N3O3. The number of benzene rings is 2. The zero-order valence-corrected chi connectivity index (χ0v) is 19.6. The van der Waals surface area contributed by atoms with E-state index in [2.05, 4.69) is 67.4 Å². The second-order valence-electron chi connectivity index (χ2n) is 8.87. The minimum absolute atomic E-state index is 0.0286. The van der Waals surface area contributed by atoms with Gasteiger partial charge in [-0.25, -0.2) is 0 Å². The summed E-state index contributed by atoms with van der Waals surface area (Å²) in [5.74, 6) is 2.59. The molecule has 3 rings (SSSR count). The molecule has 32 heavy (non-hydrogen) atoms. The van der Waals surface area contributed by atoms with Crippen molar-refractivity contribution in [3.63, 3.8) is 0 Å². The molecule has 6 heteroatoms. The van der Waals surface area contributed by atoms with E-state index >= 15 is 0 Å². The Balaban J connectivity index is 1.57. The van der Waals surface area contributed by atoms with Crippen molar-refractivity contribution in [2.24, 2.45) is 11.8 Å². The van der Waals surface area contributed by atoms with Crippen molar-refractivity contribution in [3.05, 3.63) is 65.5 Å². The molecule has 2 aromatic carbocycles. The Bertz CT molecular complexity index is 992. The number of nitrogens with zero attached hydrogens (tertiary/aromatic N) is 2. The number of aromatic nitrogens is 2. The van der Waals surface area contributed by atoms with Crippen molar-refractivity contribution in [2.45, 2.75) is 53.0 Å². The van der Waals surface area contributed by atoms with Crippen LogP contribution in [0.3, 0.4) is 0 Å². The largest absolute Gasteiger partial charge is 0.497 e. The quantitative estimate of drug-likeness (QED) is 0.462. The lowest BCUT2D eigenvalue weighted by Crippen LogP contribution is -2.31. The number of hydrogen-bond donors (Lipinski definition) is 1. The van der Waals surface area contributed by atoms with Gasteiger partial charge in [0.15, 0.2) is 0 Å². The zero-order valence-electron chi connectivity index (χ0n) is 19.6. The molecule has 170 valence electrons. The Morgan fingerprint density at radius 3 is 2.31 bits per heavy atom. The number of carbonyl (C=O) groups excluding carboxylic acids is 1. The van der Waals surface area contributed by atoms with Crippen LogP contribution in [0, 0.1) is 11.8 Å². The summed E-state index contributed by atoms with van der Waals surface area (Å²) in [5.41, 5.74) is 3.29. The molecule has 0 bridgehead atoms. The number of methoxy groups -OCH3 is 1. The lowest BCUT2D eigenvalue weighted by Gasteiger charge is -2.23. The average Bonchev–Trinajstić information content (AvgIpc) is 3.25. The van der Waals surface area contributed by atoms with E-state index in [4.69, 9.17) is 9.26 Å². The maximum Gasteiger partial charge on any atom is 0.227 e. The number of ether oxygens (including phenoxy) is 1. The highest BCUT2D eigenvalue weighted by molar-refractivity contribution is 5.76. The van der Waals surface area contributed by atoms with Gasteiger partial charge in [0.2, 0.25) is 17.6 Å². The maximum atomic E-state index is 12.6. The van der Waals surface area contributed by atoms with Crippen molar-refractivity contribution < 1.29 is 14.1 Å². The van der Waals surface area contributed by atoms with Crippen LogP contribution in [0.25, 0.3) is 11.4 Å². The fraction of sp³-hybridized carbons (Fsp3) is 0.423. The SMILES string of the molecule is COc1ccc(-c2noc(CCC(=O)NC(c3ccc(CC(C)C)cc3)C(C)C)n2)cc1. The highest BCUT2D eigenvalue weighted by atomic mass is 16.5. The second kappa shape index (κ2) is 10.9. The number of carbonyl (C=O) groups is 1. The van der Waals surface area contributed by atoms with Gasteiger partial charge in [-0.05, 0) is 53.6 Å². The molecule has 1 N–H and O–H groups in total. The van der Waals surface area contributed by atoms with E-state index < -0.39 is 0 Å². The van der Waals surface area contributed by atoms with Gasteiger partial charge in [-0.15, -0.1) is 0 Å². The van der Waals surface area contributed by atoms with Gasteiger partial charge in [0.1, 0.15) is 5.75 Å². The highest BCUT2D eigenvalue weighted by Crippen LogP contribution is 2.24. The molecule has 0 aliphatic rings. The Hall–Kier alpha value is -3.15. The second-order valence-corrected chi connectivity index (χ2v) is 8.87. The molecular weight excluding hydrogens is 402 g/mol. The van der Waals surface area contributed by atoms with Gasteiger partial charge < -0.3 is 14.6 Å². The van der Waals surface area contributed by atoms with Crippen LogP contribution in [-0.4, -0.2) is 23.2 Å². The monoisotopic (exact) mass is 435 g/mol. The van der Waals surface area contributed by atoms with E-state index in [0.717, 1.165) is 23.3 Å². The first kappa shape index (κ1) is 23.5. The van der Waals surface area contributed by atoms with Gasteiger partial charge in [-0.3, -0.25) is 4.79 Å². The predicted molar refractivity (Wildman–Crippen MR) is 125 cm³/mol. The summed E-state index contributed by atoms with van der Waals surface area (Å²) in [6.45, 7) is 8.67. The van der Waals surface area contributed by atoms with Gasteiger partial charge >= 0.3 is 0 Å². The van der Waals surface area contributed by atoms with E-state index in [9.17, 15) is 4.79 Å². The third-order valence-corrected chi connectivity index (χ3v) is 5.35. The zero-order chi connectivity index (χ0) is 23.1. The van der Waals surface area contributed by atoms with Crippen LogP contribution in [0.5, 0.6) is 5.75 Å². The molecule has 1 unspecified atom stereocenters. The average molecular weight is 436 g/mol. The molecule has 0 saturated heterocycles. The van der Waals surface area contributed by atoms with E-state index in [1.54, 1.807) is 7.11 Å². The van der Waals surface area contributed by atoms with Crippen LogP contribution in [0.2, 0.25) is 0 Å². The molecule has 1 heterocycles. The summed E-state index contributed by atoms with van der Waals surface area (Å²) in [5, 5.41) is 7.20. The summed E-state index contributed by atoms with van der Waals surface area (Å²) in [6.07, 6.45) is 1.74. The van der Waals surface area contributed by atoms with Crippen molar-refractivity contribution in [1.82, 2.24) is 15.5 Å². The van der Waals surface area contributed by atoms with Crippen LogP contribution in [-0.2, 0) is 17.6 Å². The summed E-state index contributed by atoms with van der Waals surface area (Å²) < 4.78 is 10.5. The topological polar surface area (TPSA) is 77.2 Å². The lowest BCUT2D eigenvalue weighted by molar-refractivity contribution is -0.122.